The van der Waals surface area contributed by atoms with E-state index in [2.05, 4.69) is 11.9 Å². The average Bonchev–Trinajstić information content (AvgIpc) is 1.84. The Kier molecular flexibility index (Phi) is 4.76. The van der Waals surface area contributed by atoms with Gasteiger partial charge in [-0.05, 0) is 6.42 Å². The number of carbonyl (C=O) groups is 2. The van der Waals surface area contributed by atoms with Gasteiger partial charge in [0.05, 0.1) is 6.42 Å². The van der Waals surface area contributed by atoms with Crippen molar-refractivity contribution in [2.75, 3.05) is 0 Å². The number of carboxylic acids is 1. The SMILES string of the molecule is C=CC[C@H](CC(=O)O)NC(C)=O. The van der Waals surface area contributed by atoms with Crippen LogP contribution in [-0.2, 0) is 9.59 Å². The van der Waals surface area contributed by atoms with Gasteiger partial charge in [-0.2, -0.15) is 0 Å². The summed E-state index contributed by atoms with van der Waals surface area (Å²) in [5.41, 5.74) is 0. The lowest BCUT2D eigenvalue weighted by Gasteiger charge is -2.12. The van der Waals surface area contributed by atoms with Gasteiger partial charge in [-0.1, -0.05) is 6.08 Å². The molecule has 4 heteroatoms. The smallest absolute Gasteiger partial charge is 0.305 e. The van der Waals surface area contributed by atoms with E-state index >= 15 is 0 Å². The van der Waals surface area contributed by atoms with Crippen LogP contribution in [0.15, 0.2) is 12.7 Å². The van der Waals surface area contributed by atoms with Gasteiger partial charge in [-0.15, -0.1) is 6.58 Å². The Morgan fingerprint density at radius 1 is 1.67 bits per heavy atom. The molecule has 0 radical (unpaired) electrons. The van der Waals surface area contributed by atoms with Crippen LogP contribution in [0.3, 0.4) is 0 Å². The van der Waals surface area contributed by atoms with Crippen molar-refractivity contribution in [3.63, 3.8) is 0 Å². The second kappa shape index (κ2) is 5.35. The van der Waals surface area contributed by atoms with Crippen LogP contribution >= 0.6 is 0 Å². The van der Waals surface area contributed by atoms with E-state index in [0.717, 1.165) is 0 Å². The van der Waals surface area contributed by atoms with Gasteiger partial charge in [0.15, 0.2) is 0 Å². The first-order chi connectivity index (χ1) is 5.56. The highest BCUT2D eigenvalue weighted by atomic mass is 16.4. The third kappa shape index (κ3) is 5.46. The maximum absolute atomic E-state index is 10.6. The Balaban J connectivity index is 3.93. The van der Waals surface area contributed by atoms with E-state index in [9.17, 15) is 9.59 Å². The number of carbonyl (C=O) groups excluding carboxylic acids is 1. The van der Waals surface area contributed by atoms with Crippen LogP contribution in [0.4, 0.5) is 0 Å². The molecule has 0 aromatic rings. The Bertz CT molecular complexity index is 173. The van der Waals surface area contributed by atoms with E-state index in [4.69, 9.17) is 5.11 Å². The van der Waals surface area contributed by atoms with Crippen LogP contribution in [-0.4, -0.2) is 23.0 Å². The van der Waals surface area contributed by atoms with Gasteiger partial charge >= 0.3 is 5.97 Å². The van der Waals surface area contributed by atoms with Gasteiger partial charge in [-0.3, -0.25) is 9.59 Å². The molecule has 0 bridgehead atoms. The number of carboxylic acid groups (broad SMARTS) is 1. The quantitative estimate of drug-likeness (QED) is 0.593. The third-order valence-electron chi connectivity index (χ3n) is 1.28. The molecular formula is C8H13NO3. The van der Waals surface area contributed by atoms with Crippen molar-refractivity contribution in [3.05, 3.63) is 12.7 Å². The van der Waals surface area contributed by atoms with Gasteiger partial charge in [0.25, 0.3) is 0 Å². The lowest BCUT2D eigenvalue weighted by molar-refractivity contribution is -0.137. The van der Waals surface area contributed by atoms with Gasteiger partial charge in [0.2, 0.25) is 5.91 Å². The van der Waals surface area contributed by atoms with Gasteiger partial charge in [-0.25, -0.2) is 0 Å². The molecule has 0 unspecified atom stereocenters. The summed E-state index contributed by atoms with van der Waals surface area (Å²) < 4.78 is 0. The van der Waals surface area contributed by atoms with Crippen LogP contribution in [0.2, 0.25) is 0 Å². The molecule has 0 heterocycles. The van der Waals surface area contributed by atoms with Crippen LogP contribution in [0.1, 0.15) is 19.8 Å². The monoisotopic (exact) mass is 171 g/mol. The summed E-state index contributed by atoms with van der Waals surface area (Å²) in [6, 6.07) is -0.336. The standard InChI is InChI=1S/C8H13NO3/c1-3-4-7(5-8(11)12)9-6(2)10/h3,7H,1,4-5H2,2H3,(H,9,10)(H,11,12)/t7-/m1/s1. The molecule has 68 valence electrons. The molecule has 1 atom stereocenters. The van der Waals surface area contributed by atoms with Crippen LogP contribution in [0.5, 0.6) is 0 Å². The second-order valence-corrected chi connectivity index (χ2v) is 2.52. The minimum atomic E-state index is -0.921. The molecule has 0 saturated heterocycles. The lowest BCUT2D eigenvalue weighted by Crippen LogP contribution is -2.34. The molecule has 1 amide bonds. The molecule has 0 aromatic heterocycles. The predicted molar refractivity (Wildman–Crippen MR) is 44.7 cm³/mol. The van der Waals surface area contributed by atoms with E-state index in [-0.39, 0.29) is 18.4 Å². The lowest BCUT2D eigenvalue weighted by atomic mass is 10.1. The fourth-order valence-electron chi connectivity index (χ4n) is 0.893. The van der Waals surface area contributed by atoms with E-state index in [0.29, 0.717) is 6.42 Å². The predicted octanol–water partition coefficient (Wildman–Crippen LogP) is 0.542. The first-order valence-corrected chi connectivity index (χ1v) is 3.66. The Hall–Kier alpha value is -1.32. The van der Waals surface area contributed by atoms with E-state index in [1.165, 1.54) is 6.92 Å². The molecular weight excluding hydrogens is 158 g/mol. The Morgan fingerprint density at radius 2 is 2.25 bits per heavy atom. The van der Waals surface area contributed by atoms with E-state index in [1.807, 2.05) is 0 Å². The average molecular weight is 171 g/mol. The molecule has 4 nitrogen and oxygen atoms in total. The number of hydrogen-bond acceptors (Lipinski definition) is 2. The molecule has 0 saturated carbocycles. The summed E-state index contributed by atoms with van der Waals surface area (Å²) in [5.74, 6) is -1.14. The van der Waals surface area contributed by atoms with Gasteiger partial charge in [0, 0.05) is 13.0 Å². The fraction of sp³-hybridized carbons (Fsp3) is 0.500. The van der Waals surface area contributed by atoms with E-state index < -0.39 is 5.97 Å². The summed E-state index contributed by atoms with van der Waals surface area (Å²) >= 11 is 0. The van der Waals surface area contributed by atoms with Gasteiger partial charge < -0.3 is 10.4 Å². The Morgan fingerprint density at radius 3 is 2.58 bits per heavy atom. The number of rotatable bonds is 5. The molecule has 0 aliphatic rings. The van der Waals surface area contributed by atoms with Gasteiger partial charge in [0.1, 0.15) is 0 Å². The highest BCUT2D eigenvalue weighted by molar-refractivity contribution is 5.74. The van der Waals surface area contributed by atoms with Crippen molar-refractivity contribution < 1.29 is 14.7 Å². The highest BCUT2D eigenvalue weighted by Gasteiger charge is 2.11. The Labute approximate surface area is 71.3 Å². The van der Waals surface area contributed by atoms with Crippen LogP contribution in [0.25, 0.3) is 0 Å². The zero-order valence-electron chi connectivity index (χ0n) is 7.04. The van der Waals surface area contributed by atoms with Crippen molar-refractivity contribution in [2.45, 2.75) is 25.8 Å². The maximum atomic E-state index is 10.6. The van der Waals surface area contributed by atoms with Crippen LogP contribution in [0, 0.1) is 0 Å². The largest absolute Gasteiger partial charge is 0.481 e. The topological polar surface area (TPSA) is 66.4 Å². The first-order valence-electron chi connectivity index (χ1n) is 3.66. The normalized spacial score (nSPS) is 11.8. The third-order valence-corrected chi connectivity index (χ3v) is 1.28. The molecule has 2 N–H and O–H groups in total. The maximum Gasteiger partial charge on any atom is 0.305 e. The number of hydrogen-bond donors (Lipinski definition) is 2. The van der Waals surface area contributed by atoms with Crippen molar-refractivity contribution in [1.29, 1.82) is 0 Å². The number of nitrogens with one attached hydrogen (secondary N) is 1. The minimum Gasteiger partial charge on any atom is -0.481 e. The van der Waals surface area contributed by atoms with E-state index in [1.54, 1.807) is 6.08 Å². The molecule has 0 spiro atoms. The number of amides is 1. The minimum absolute atomic E-state index is 0.0639. The van der Waals surface area contributed by atoms with Crippen molar-refractivity contribution in [1.82, 2.24) is 5.32 Å². The van der Waals surface area contributed by atoms with Crippen molar-refractivity contribution in [3.8, 4) is 0 Å². The summed E-state index contributed by atoms with van der Waals surface area (Å²) in [4.78, 5) is 20.9. The van der Waals surface area contributed by atoms with Crippen molar-refractivity contribution >= 4 is 11.9 Å². The zero-order valence-corrected chi connectivity index (χ0v) is 7.04. The molecule has 0 rings (SSSR count). The molecule has 0 aliphatic carbocycles. The van der Waals surface area contributed by atoms with Crippen LogP contribution < -0.4 is 5.32 Å². The zero-order chi connectivity index (χ0) is 9.56. The molecule has 12 heavy (non-hydrogen) atoms. The summed E-state index contributed by atoms with van der Waals surface area (Å²) in [7, 11) is 0. The second-order valence-electron chi connectivity index (χ2n) is 2.52. The molecule has 0 aromatic carbocycles. The highest BCUT2D eigenvalue weighted by Crippen LogP contribution is 1.98. The molecule has 0 aliphatic heterocycles. The fourth-order valence-corrected chi connectivity index (χ4v) is 0.893. The van der Waals surface area contributed by atoms with Crippen molar-refractivity contribution in [2.24, 2.45) is 0 Å². The summed E-state index contributed by atoms with van der Waals surface area (Å²) in [6.45, 7) is 4.83. The first kappa shape index (κ1) is 10.7. The summed E-state index contributed by atoms with van der Waals surface area (Å²) in [5, 5.41) is 11.0. The summed E-state index contributed by atoms with van der Waals surface area (Å²) in [6.07, 6.45) is 2.00. The molecule has 0 fully saturated rings. The number of aliphatic carboxylic acids is 1.